The van der Waals surface area contributed by atoms with Crippen LogP contribution >= 0.6 is 0 Å². The molecule has 0 atom stereocenters. The van der Waals surface area contributed by atoms with E-state index in [1.54, 1.807) is 0 Å². The molecule has 5 N–H and O–H groups in total. The molecule has 22 heteroatoms. The highest BCUT2D eigenvalue weighted by Crippen LogP contribution is 2.40. The second-order valence-corrected chi connectivity index (χ2v) is 13.8. The number of phenolic OH excluding ortho intramolecular Hbond substituents is 2. The van der Waals surface area contributed by atoms with Crippen molar-refractivity contribution in [3.8, 4) is 11.5 Å². The van der Waals surface area contributed by atoms with Crippen LogP contribution in [0.25, 0.3) is 0 Å². The van der Waals surface area contributed by atoms with Gasteiger partial charge in [-0.15, -0.1) is 20.5 Å². The molecule has 0 radical (unpaired) electrons. The predicted molar refractivity (Wildman–Crippen MR) is 140 cm³/mol. The summed E-state index contributed by atoms with van der Waals surface area (Å²) in [6, 6.07) is 8.71. The Bertz CT molecular complexity index is 2030. The van der Waals surface area contributed by atoms with Crippen LogP contribution in [0.2, 0.25) is 0 Å². The number of sulfone groups is 1. The van der Waals surface area contributed by atoms with Gasteiger partial charge < -0.3 is 10.2 Å². The van der Waals surface area contributed by atoms with Gasteiger partial charge in [0.05, 0.1) is 17.3 Å². The highest BCUT2D eigenvalue weighted by atomic mass is 32.3. The quantitative estimate of drug-likeness (QED) is 0.145. The summed E-state index contributed by atoms with van der Waals surface area (Å²) >= 11 is 0. The first-order valence-electron chi connectivity index (χ1n) is 10.7. The van der Waals surface area contributed by atoms with E-state index < -0.39 is 96.1 Å². The standard InChI is InChI=1S/C20H18N4O14S4/c25-17-11-18(26)16(10-15(17)23-21-13-3-1-2-4-19(13)40(29,30)31)24-22-14-6-5-12(9-20(14)41(32,33)34)39(27,28)8-7-38-42(35,36)37/h1-6,9-11,25-26H,7-8H2,(H,29,30,31)(H,32,33,34)(H,35,36,37)/b23-21+,24-22+. The summed E-state index contributed by atoms with van der Waals surface area (Å²) in [4.78, 5) is -2.35. The van der Waals surface area contributed by atoms with Crippen molar-refractivity contribution in [2.75, 3.05) is 12.4 Å². The second-order valence-electron chi connectivity index (χ2n) is 7.85. The maximum Gasteiger partial charge on any atom is 0.397 e. The minimum absolute atomic E-state index is 0.312. The third-order valence-electron chi connectivity index (χ3n) is 4.90. The highest BCUT2D eigenvalue weighted by Gasteiger charge is 2.23. The van der Waals surface area contributed by atoms with Gasteiger partial charge in [0.1, 0.15) is 44.0 Å². The molecule has 0 aliphatic rings. The van der Waals surface area contributed by atoms with Crippen LogP contribution in [0, 0.1) is 0 Å². The first-order chi connectivity index (χ1) is 19.3. The molecule has 3 aromatic carbocycles. The summed E-state index contributed by atoms with van der Waals surface area (Å²) in [6.07, 6.45) is 0. The van der Waals surface area contributed by atoms with Gasteiger partial charge in [-0.2, -0.15) is 25.3 Å². The van der Waals surface area contributed by atoms with Gasteiger partial charge in [0.2, 0.25) is 0 Å². The Labute approximate surface area is 238 Å². The van der Waals surface area contributed by atoms with Gasteiger partial charge in [-0.3, -0.25) is 13.7 Å². The van der Waals surface area contributed by atoms with Crippen molar-refractivity contribution in [2.45, 2.75) is 14.7 Å². The van der Waals surface area contributed by atoms with E-state index in [2.05, 4.69) is 24.6 Å². The molecule has 0 unspecified atom stereocenters. The largest absolute Gasteiger partial charge is 0.505 e. The fourth-order valence-electron chi connectivity index (χ4n) is 3.03. The van der Waals surface area contributed by atoms with Crippen molar-refractivity contribution >= 4 is 63.2 Å². The van der Waals surface area contributed by atoms with E-state index in [1.165, 1.54) is 18.2 Å². The topological polar surface area (TPSA) is 296 Å². The van der Waals surface area contributed by atoms with Crippen LogP contribution in [-0.4, -0.2) is 69.9 Å². The molecule has 0 saturated carbocycles. The average Bonchev–Trinajstić information content (AvgIpc) is 2.85. The molecule has 0 fully saturated rings. The number of hydrogen-bond acceptors (Lipinski definition) is 15. The number of nitrogens with zero attached hydrogens (tertiary/aromatic N) is 4. The second kappa shape index (κ2) is 12.1. The molecule has 0 heterocycles. The molecule has 0 aliphatic heterocycles. The lowest BCUT2D eigenvalue weighted by Crippen LogP contribution is -2.16. The van der Waals surface area contributed by atoms with Crippen LogP contribution in [0.15, 0.2) is 89.7 Å². The minimum Gasteiger partial charge on any atom is -0.505 e. The molecule has 0 saturated heterocycles. The summed E-state index contributed by atoms with van der Waals surface area (Å²) in [6.45, 7) is -1.01. The number of hydrogen-bond donors (Lipinski definition) is 5. The Morgan fingerprint density at radius 3 is 1.62 bits per heavy atom. The van der Waals surface area contributed by atoms with Crippen LogP contribution in [0.1, 0.15) is 0 Å². The Balaban J connectivity index is 1.99. The molecule has 18 nitrogen and oxygen atoms in total. The average molecular weight is 667 g/mol. The molecule has 0 spiro atoms. The molecule has 3 rings (SSSR count). The van der Waals surface area contributed by atoms with Gasteiger partial charge in [0.15, 0.2) is 9.84 Å². The number of rotatable bonds is 11. The molecule has 0 aromatic heterocycles. The van der Waals surface area contributed by atoms with Crippen LogP contribution in [0.3, 0.4) is 0 Å². The Hall–Kier alpha value is -3.90. The Morgan fingerprint density at radius 2 is 1.10 bits per heavy atom. The Kier molecular flexibility index (Phi) is 9.43. The van der Waals surface area contributed by atoms with Crippen LogP contribution in [0.4, 0.5) is 22.7 Å². The third kappa shape index (κ3) is 8.56. The van der Waals surface area contributed by atoms with Crippen molar-refractivity contribution in [1.82, 2.24) is 0 Å². The van der Waals surface area contributed by atoms with Gasteiger partial charge in [-0.05, 0) is 30.3 Å². The first-order valence-corrected chi connectivity index (χ1v) is 16.6. The molecule has 226 valence electrons. The van der Waals surface area contributed by atoms with Crippen molar-refractivity contribution < 1.29 is 61.7 Å². The van der Waals surface area contributed by atoms with Crippen LogP contribution in [-0.2, 0) is 44.7 Å². The van der Waals surface area contributed by atoms with Crippen LogP contribution < -0.4 is 0 Å². The molecular formula is C20H18N4O14S4. The number of aromatic hydroxyl groups is 2. The number of phenols is 2. The molecular weight excluding hydrogens is 649 g/mol. The first kappa shape index (κ1) is 32.6. The van der Waals surface area contributed by atoms with Crippen molar-refractivity contribution in [3.05, 3.63) is 54.6 Å². The van der Waals surface area contributed by atoms with E-state index in [1.807, 2.05) is 0 Å². The SMILES string of the molecule is O=S(=O)(O)OCCS(=O)(=O)c1ccc(/N=N/c2cc(/N=N/c3ccccc3S(=O)(=O)O)c(O)cc2O)c(S(=O)(=O)O)c1. The smallest absolute Gasteiger partial charge is 0.397 e. The fourth-order valence-corrected chi connectivity index (χ4v) is 5.89. The molecule has 42 heavy (non-hydrogen) atoms. The van der Waals surface area contributed by atoms with Gasteiger partial charge >= 0.3 is 10.4 Å². The van der Waals surface area contributed by atoms with Crippen molar-refractivity contribution in [1.29, 1.82) is 0 Å². The van der Waals surface area contributed by atoms with E-state index in [0.717, 1.165) is 30.3 Å². The fraction of sp³-hybridized carbons (Fsp3) is 0.100. The van der Waals surface area contributed by atoms with E-state index in [-0.39, 0.29) is 5.69 Å². The van der Waals surface area contributed by atoms with E-state index in [4.69, 9.17) is 4.55 Å². The van der Waals surface area contributed by atoms with Crippen molar-refractivity contribution in [3.63, 3.8) is 0 Å². The minimum atomic E-state index is -5.14. The molecule has 0 bridgehead atoms. The third-order valence-corrected chi connectivity index (χ3v) is 8.82. The predicted octanol–water partition coefficient (Wildman–Crippen LogP) is 3.02. The highest BCUT2D eigenvalue weighted by molar-refractivity contribution is 7.91. The zero-order valence-corrected chi connectivity index (χ0v) is 23.7. The summed E-state index contributed by atoms with van der Waals surface area (Å²) in [5, 5.41) is 34.7. The molecule has 0 aliphatic carbocycles. The molecule has 3 aromatic rings. The van der Waals surface area contributed by atoms with Crippen LogP contribution in [0.5, 0.6) is 11.5 Å². The number of azo groups is 2. The normalized spacial score (nSPS) is 13.2. The molecule has 0 amide bonds. The lowest BCUT2D eigenvalue weighted by Gasteiger charge is -2.08. The lowest BCUT2D eigenvalue weighted by molar-refractivity contribution is 0.284. The van der Waals surface area contributed by atoms with Gasteiger partial charge in [0, 0.05) is 12.1 Å². The maximum atomic E-state index is 12.4. The summed E-state index contributed by atoms with van der Waals surface area (Å²) < 4.78 is 124. The van der Waals surface area contributed by atoms with Gasteiger partial charge in [-0.1, -0.05) is 12.1 Å². The summed E-state index contributed by atoms with van der Waals surface area (Å²) in [5.74, 6) is -2.38. The summed E-state index contributed by atoms with van der Waals surface area (Å²) in [5.41, 5.74) is -1.78. The Morgan fingerprint density at radius 1 is 0.595 bits per heavy atom. The zero-order valence-electron chi connectivity index (χ0n) is 20.4. The number of benzene rings is 3. The van der Waals surface area contributed by atoms with Gasteiger partial charge in [-0.25, -0.2) is 12.6 Å². The summed E-state index contributed by atoms with van der Waals surface area (Å²) in [7, 11) is -19.2. The van der Waals surface area contributed by atoms with Gasteiger partial charge in [0.25, 0.3) is 20.2 Å². The monoisotopic (exact) mass is 666 g/mol. The van der Waals surface area contributed by atoms with E-state index in [0.29, 0.717) is 6.07 Å². The lowest BCUT2D eigenvalue weighted by atomic mass is 10.2. The van der Waals surface area contributed by atoms with E-state index in [9.17, 15) is 53.0 Å². The zero-order chi connectivity index (χ0) is 31.5. The van der Waals surface area contributed by atoms with E-state index >= 15 is 0 Å². The van der Waals surface area contributed by atoms with Crippen molar-refractivity contribution in [2.24, 2.45) is 20.5 Å². The maximum absolute atomic E-state index is 12.4.